The number of likely N-dealkylation sites (N-methyl/N-ethyl adjacent to an activating group) is 1. The quantitative estimate of drug-likeness (QED) is 0.735. The van der Waals surface area contributed by atoms with E-state index in [-0.39, 0.29) is 17.0 Å². The van der Waals surface area contributed by atoms with Crippen molar-refractivity contribution >= 4 is 33.0 Å². The Morgan fingerprint density at radius 1 is 1.15 bits per heavy atom. The average Bonchev–Trinajstić information content (AvgIpc) is 3.16. The van der Waals surface area contributed by atoms with Crippen molar-refractivity contribution in [2.45, 2.75) is 30.8 Å². The van der Waals surface area contributed by atoms with Gasteiger partial charge in [0.25, 0.3) is 0 Å². The number of halogens is 1. The number of sulfonamides is 1. The van der Waals surface area contributed by atoms with E-state index in [1.807, 2.05) is 18.4 Å². The third kappa shape index (κ3) is 5.10. The second kappa shape index (κ2) is 9.03. The van der Waals surface area contributed by atoms with Gasteiger partial charge in [0.1, 0.15) is 0 Å². The van der Waals surface area contributed by atoms with Crippen molar-refractivity contribution in [3.8, 4) is 0 Å². The number of thiophene rings is 1. The molecule has 8 heteroatoms. The zero-order chi connectivity index (χ0) is 19.4. The molecule has 2 aromatic rings. The van der Waals surface area contributed by atoms with Crippen LogP contribution in [0.15, 0.2) is 46.7 Å². The van der Waals surface area contributed by atoms with Crippen LogP contribution in [0.4, 0.5) is 0 Å². The molecule has 2 atom stereocenters. The van der Waals surface area contributed by atoms with Crippen LogP contribution in [0.5, 0.6) is 0 Å². The lowest BCUT2D eigenvalue weighted by Gasteiger charge is -2.41. The van der Waals surface area contributed by atoms with E-state index in [2.05, 4.69) is 27.5 Å². The predicted molar refractivity (Wildman–Crippen MR) is 112 cm³/mol. The molecule has 0 saturated carbocycles. The molecule has 2 heterocycles. The summed E-state index contributed by atoms with van der Waals surface area (Å²) in [7, 11) is -3.61. The van der Waals surface area contributed by atoms with Crippen LogP contribution in [0.25, 0.3) is 0 Å². The van der Waals surface area contributed by atoms with E-state index in [1.54, 1.807) is 23.5 Å². The number of benzene rings is 1. The first-order valence-corrected chi connectivity index (χ1v) is 11.9. The van der Waals surface area contributed by atoms with Crippen molar-refractivity contribution in [1.82, 2.24) is 14.5 Å². The van der Waals surface area contributed by atoms with Crippen molar-refractivity contribution < 1.29 is 8.42 Å². The Morgan fingerprint density at radius 2 is 1.81 bits per heavy atom. The third-order valence-corrected chi connectivity index (χ3v) is 7.79. The minimum Gasteiger partial charge on any atom is -0.301 e. The highest BCUT2D eigenvalue weighted by molar-refractivity contribution is 7.89. The van der Waals surface area contributed by atoms with Crippen LogP contribution in [0.3, 0.4) is 0 Å². The van der Waals surface area contributed by atoms with Gasteiger partial charge in [0, 0.05) is 42.1 Å². The van der Waals surface area contributed by atoms with Gasteiger partial charge in [-0.3, -0.25) is 4.90 Å². The van der Waals surface area contributed by atoms with E-state index in [4.69, 9.17) is 11.6 Å². The summed E-state index contributed by atoms with van der Waals surface area (Å²) in [5.41, 5.74) is 0. The molecule has 148 valence electrons. The number of hydrogen-bond acceptors (Lipinski definition) is 5. The lowest BCUT2D eigenvalue weighted by atomic mass is 10.1. The Bertz CT molecular complexity index is 817. The molecule has 0 aliphatic carbocycles. The molecule has 1 fully saturated rings. The lowest BCUT2D eigenvalue weighted by Crippen LogP contribution is -2.52. The molecule has 27 heavy (non-hydrogen) atoms. The Morgan fingerprint density at radius 3 is 2.37 bits per heavy atom. The second-order valence-corrected chi connectivity index (χ2v) is 9.92. The molecule has 1 aliphatic heterocycles. The number of piperazine rings is 1. The molecular formula is C19H26ClN3O2S2. The molecule has 3 rings (SSSR count). The molecule has 0 bridgehead atoms. The van der Waals surface area contributed by atoms with Crippen LogP contribution >= 0.6 is 22.9 Å². The molecular weight excluding hydrogens is 402 g/mol. The van der Waals surface area contributed by atoms with Crippen molar-refractivity contribution in [2.24, 2.45) is 0 Å². The van der Waals surface area contributed by atoms with Crippen molar-refractivity contribution in [2.75, 3.05) is 32.7 Å². The second-order valence-electron chi connectivity index (χ2n) is 6.79. The number of nitrogens with zero attached hydrogens (tertiary/aromatic N) is 2. The van der Waals surface area contributed by atoms with E-state index in [9.17, 15) is 8.42 Å². The zero-order valence-electron chi connectivity index (χ0n) is 15.6. The smallest absolute Gasteiger partial charge is 0.240 e. The highest BCUT2D eigenvalue weighted by atomic mass is 35.5. The first kappa shape index (κ1) is 20.8. The number of rotatable bonds is 7. The van der Waals surface area contributed by atoms with Gasteiger partial charge in [-0.2, -0.15) is 0 Å². The van der Waals surface area contributed by atoms with Crippen LogP contribution in [0.2, 0.25) is 5.02 Å². The Hall–Kier alpha value is -0.960. The molecule has 0 spiro atoms. The standard InChI is InChI=1S/C19H26ClN3O2S2/c1-3-22-10-12-23(13-11-22)19(18-5-4-14-26-18)15(2)21-27(24,25)17-8-6-16(20)7-9-17/h4-9,14-15,19,21H,3,10-13H2,1-2H3/t15-,19+/m0/s1. The van der Waals surface area contributed by atoms with Crippen LogP contribution in [-0.4, -0.2) is 57.0 Å². The molecule has 1 aliphatic rings. The lowest BCUT2D eigenvalue weighted by molar-refractivity contribution is 0.0888. The van der Waals surface area contributed by atoms with Gasteiger partial charge in [-0.05, 0) is 49.2 Å². The van der Waals surface area contributed by atoms with Crippen LogP contribution in [-0.2, 0) is 10.0 Å². The molecule has 1 aromatic heterocycles. The predicted octanol–water partition coefficient (Wildman–Crippen LogP) is 3.45. The molecule has 0 radical (unpaired) electrons. The van der Waals surface area contributed by atoms with Gasteiger partial charge in [0.2, 0.25) is 10.0 Å². The summed E-state index contributed by atoms with van der Waals surface area (Å²) < 4.78 is 28.5. The van der Waals surface area contributed by atoms with E-state index in [1.165, 1.54) is 17.0 Å². The minimum absolute atomic E-state index is 0.0195. The molecule has 5 nitrogen and oxygen atoms in total. The van der Waals surface area contributed by atoms with Crippen LogP contribution in [0, 0.1) is 0 Å². The molecule has 1 aromatic carbocycles. The van der Waals surface area contributed by atoms with Crippen molar-refractivity contribution in [3.63, 3.8) is 0 Å². The number of nitrogens with one attached hydrogen (secondary N) is 1. The monoisotopic (exact) mass is 427 g/mol. The van der Waals surface area contributed by atoms with Gasteiger partial charge in [-0.15, -0.1) is 11.3 Å². The van der Waals surface area contributed by atoms with Crippen molar-refractivity contribution in [1.29, 1.82) is 0 Å². The Balaban J connectivity index is 1.79. The normalized spacial score (nSPS) is 19.1. The first-order chi connectivity index (χ1) is 12.9. The maximum absolute atomic E-state index is 12.8. The Kier molecular flexibility index (Phi) is 6.94. The molecule has 0 unspecified atom stereocenters. The van der Waals surface area contributed by atoms with Crippen molar-refractivity contribution in [3.05, 3.63) is 51.7 Å². The summed E-state index contributed by atoms with van der Waals surface area (Å²) in [6, 6.07) is 10.2. The maximum Gasteiger partial charge on any atom is 0.240 e. The molecule has 0 amide bonds. The van der Waals surface area contributed by atoms with Gasteiger partial charge in [0.15, 0.2) is 0 Å². The summed E-state index contributed by atoms with van der Waals surface area (Å²) in [5, 5.41) is 2.57. The summed E-state index contributed by atoms with van der Waals surface area (Å²) >= 11 is 7.56. The van der Waals surface area contributed by atoms with Crippen LogP contribution < -0.4 is 4.72 Å². The van der Waals surface area contributed by atoms with E-state index in [0.717, 1.165) is 32.7 Å². The van der Waals surface area contributed by atoms with Gasteiger partial charge < -0.3 is 4.90 Å². The minimum atomic E-state index is -3.61. The first-order valence-electron chi connectivity index (χ1n) is 9.18. The maximum atomic E-state index is 12.8. The SMILES string of the molecule is CCN1CCN([C@@H](c2cccs2)[C@H](C)NS(=O)(=O)c2ccc(Cl)cc2)CC1. The van der Waals surface area contributed by atoms with Gasteiger partial charge in [-0.25, -0.2) is 13.1 Å². The summed E-state index contributed by atoms with van der Waals surface area (Å²) in [5.74, 6) is 0. The van der Waals surface area contributed by atoms with E-state index < -0.39 is 10.0 Å². The summed E-state index contributed by atoms with van der Waals surface area (Å²) in [4.78, 5) is 6.24. The van der Waals surface area contributed by atoms with Gasteiger partial charge >= 0.3 is 0 Å². The molecule has 1 N–H and O–H groups in total. The van der Waals surface area contributed by atoms with E-state index in [0.29, 0.717) is 5.02 Å². The van der Waals surface area contributed by atoms with E-state index >= 15 is 0 Å². The topological polar surface area (TPSA) is 52.6 Å². The largest absolute Gasteiger partial charge is 0.301 e. The van der Waals surface area contributed by atoms with Gasteiger partial charge in [-0.1, -0.05) is 24.6 Å². The number of hydrogen-bond donors (Lipinski definition) is 1. The highest BCUT2D eigenvalue weighted by Gasteiger charge is 2.32. The fraction of sp³-hybridized carbons (Fsp3) is 0.474. The Labute approximate surface area is 171 Å². The highest BCUT2D eigenvalue weighted by Crippen LogP contribution is 2.30. The fourth-order valence-corrected chi connectivity index (χ4v) is 5.89. The fourth-order valence-electron chi connectivity index (χ4n) is 3.55. The third-order valence-electron chi connectivity index (χ3n) is 5.02. The summed E-state index contributed by atoms with van der Waals surface area (Å²) in [6.45, 7) is 9.06. The summed E-state index contributed by atoms with van der Waals surface area (Å²) in [6.07, 6.45) is 0. The zero-order valence-corrected chi connectivity index (χ0v) is 18.0. The average molecular weight is 428 g/mol. The molecule has 1 saturated heterocycles. The van der Waals surface area contributed by atoms with Crippen LogP contribution in [0.1, 0.15) is 24.8 Å². The van der Waals surface area contributed by atoms with Gasteiger partial charge in [0.05, 0.1) is 10.9 Å².